The van der Waals surface area contributed by atoms with Crippen LogP contribution in [-0.2, 0) is 0 Å². The van der Waals surface area contributed by atoms with Crippen molar-refractivity contribution in [3.8, 4) is 0 Å². The lowest BCUT2D eigenvalue weighted by molar-refractivity contribution is 0.240. The van der Waals surface area contributed by atoms with Crippen molar-refractivity contribution in [3.63, 3.8) is 0 Å². The van der Waals surface area contributed by atoms with Crippen molar-refractivity contribution < 1.29 is 5.11 Å². The van der Waals surface area contributed by atoms with Crippen LogP contribution < -0.4 is 5.32 Å². The number of nitrogens with one attached hydrogen (secondary N) is 1. The number of aromatic nitrogens is 1. The molecule has 1 aromatic rings. The van der Waals surface area contributed by atoms with Gasteiger partial charge in [0.05, 0.1) is 12.6 Å². The Balaban J connectivity index is 2.43. The lowest BCUT2D eigenvalue weighted by Gasteiger charge is -2.17. The van der Waals surface area contributed by atoms with E-state index < -0.39 is 0 Å². The van der Waals surface area contributed by atoms with E-state index in [0.717, 1.165) is 18.7 Å². The van der Waals surface area contributed by atoms with E-state index in [2.05, 4.69) is 15.2 Å². The molecule has 1 unspecified atom stereocenters. The number of nitrogens with zero attached hydrogens (tertiary/aromatic N) is 2. The van der Waals surface area contributed by atoms with Gasteiger partial charge < -0.3 is 15.3 Å². The van der Waals surface area contributed by atoms with Crippen LogP contribution in [0.15, 0.2) is 24.5 Å². The van der Waals surface area contributed by atoms with Crippen LogP contribution in [0, 0.1) is 0 Å². The lowest BCUT2D eigenvalue weighted by Crippen LogP contribution is -2.31. The minimum atomic E-state index is -0.0151. The van der Waals surface area contributed by atoms with Crippen LogP contribution >= 0.6 is 0 Å². The smallest absolute Gasteiger partial charge is 0.0627 e. The van der Waals surface area contributed by atoms with Gasteiger partial charge in [-0.25, -0.2) is 0 Å². The Kier molecular flexibility index (Phi) is 5.25. The average molecular weight is 209 g/mol. The van der Waals surface area contributed by atoms with Gasteiger partial charge in [0, 0.05) is 25.5 Å². The van der Waals surface area contributed by atoms with Crippen LogP contribution in [0.3, 0.4) is 0 Å². The number of hydrogen-bond donors (Lipinski definition) is 2. The van der Waals surface area contributed by atoms with Crippen molar-refractivity contribution in [1.82, 2.24) is 15.2 Å². The maximum Gasteiger partial charge on any atom is 0.0627 e. The predicted octanol–water partition coefficient (Wildman–Crippen LogP) is 0.266. The zero-order chi connectivity index (χ0) is 11.1. The largest absolute Gasteiger partial charge is 0.394 e. The fraction of sp³-hybridized carbons (Fsp3) is 0.545. The standard InChI is InChI=1S/C11H19N3O/c1-14(2)7-6-13-11(9-15)10-4-3-5-12-8-10/h3-5,8,11,13,15H,6-7,9H2,1-2H3. The van der Waals surface area contributed by atoms with Crippen LogP contribution in [-0.4, -0.2) is 48.8 Å². The van der Waals surface area contributed by atoms with Crippen LogP contribution in [0.25, 0.3) is 0 Å². The molecule has 0 spiro atoms. The van der Waals surface area contributed by atoms with Crippen LogP contribution in [0.4, 0.5) is 0 Å². The highest BCUT2D eigenvalue weighted by atomic mass is 16.3. The maximum absolute atomic E-state index is 9.24. The Morgan fingerprint density at radius 1 is 1.53 bits per heavy atom. The lowest BCUT2D eigenvalue weighted by atomic mass is 10.1. The molecule has 0 amide bonds. The zero-order valence-electron chi connectivity index (χ0n) is 9.35. The van der Waals surface area contributed by atoms with Gasteiger partial charge in [-0.05, 0) is 25.7 Å². The Morgan fingerprint density at radius 2 is 2.33 bits per heavy atom. The second kappa shape index (κ2) is 6.50. The van der Waals surface area contributed by atoms with Crippen LogP contribution in [0.5, 0.6) is 0 Å². The third kappa shape index (κ3) is 4.38. The van der Waals surface area contributed by atoms with Gasteiger partial charge in [0.1, 0.15) is 0 Å². The van der Waals surface area contributed by atoms with E-state index in [9.17, 15) is 5.11 Å². The Hall–Kier alpha value is -0.970. The summed E-state index contributed by atoms with van der Waals surface area (Å²) in [5, 5.41) is 12.5. The van der Waals surface area contributed by atoms with Crippen molar-refractivity contribution in [1.29, 1.82) is 0 Å². The number of aliphatic hydroxyl groups is 1. The van der Waals surface area contributed by atoms with E-state index in [4.69, 9.17) is 0 Å². The fourth-order valence-electron chi connectivity index (χ4n) is 1.33. The quantitative estimate of drug-likeness (QED) is 0.706. The summed E-state index contributed by atoms with van der Waals surface area (Å²) in [4.78, 5) is 6.14. The first-order chi connectivity index (χ1) is 7.24. The molecule has 84 valence electrons. The Labute approximate surface area is 90.9 Å². The summed E-state index contributed by atoms with van der Waals surface area (Å²) in [6, 6.07) is 3.83. The monoisotopic (exact) mass is 209 g/mol. The first-order valence-corrected chi connectivity index (χ1v) is 5.13. The molecule has 0 aromatic carbocycles. The van der Waals surface area contributed by atoms with Gasteiger partial charge in [-0.15, -0.1) is 0 Å². The molecule has 0 saturated heterocycles. The molecule has 4 heteroatoms. The van der Waals surface area contributed by atoms with E-state index in [1.54, 1.807) is 12.4 Å². The van der Waals surface area contributed by atoms with Crippen molar-refractivity contribution in [2.45, 2.75) is 6.04 Å². The maximum atomic E-state index is 9.24. The number of pyridine rings is 1. The number of aliphatic hydroxyl groups excluding tert-OH is 1. The van der Waals surface area contributed by atoms with Gasteiger partial charge in [0.25, 0.3) is 0 Å². The van der Waals surface area contributed by atoms with Gasteiger partial charge in [-0.2, -0.15) is 0 Å². The molecule has 2 N–H and O–H groups in total. The Bertz CT molecular complexity index is 264. The summed E-state index contributed by atoms with van der Waals surface area (Å²) in [6.07, 6.45) is 3.52. The summed E-state index contributed by atoms with van der Waals surface area (Å²) in [5.74, 6) is 0. The molecule has 1 aromatic heterocycles. The van der Waals surface area contributed by atoms with Gasteiger partial charge in [0.2, 0.25) is 0 Å². The molecule has 0 fully saturated rings. The summed E-state index contributed by atoms with van der Waals surface area (Å²) in [7, 11) is 4.05. The van der Waals surface area contributed by atoms with E-state index in [1.807, 2.05) is 26.2 Å². The first kappa shape index (κ1) is 12.1. The molecule has 0 aliphatic heterocycles. The minimum absolute atomic E-state index is 0.0151. The van der Waals surface area contributed by atoms with Gasteiger partial charge in [-0.1, -0.05) is 6.07 Å². The first-order valence-electron chi connectivity index (χ1n) is 5.13. The topological polar surface area (TPSA) is 48.4 Å². The normalized spacial score (nSPS) is 13.1. The van der Waals surface area contributed by atoms with Crippen LogP contribution in [0.2, 0.25) is 0 Å². The second-order valence-electron chi connectivity index (χ2n) is 3.78. The summed E-state index contributed by atoms with van der Waals surface area (Å²) in [5.41, 5.74) is 1.03. The summed E-state index contributed by atoms with van der Waals surface area (Å²) in [6.45, 7) is 1.91. The fourth-order valence-corrected chi connectivity index (χ4v) is 1.33. The van der Waals surface area contributed by atoms with Gasteiger partial charge in [0.15, 0.2) is 0 Å². The predicted molar refractivity (Wildman–Crippen MR) is 60.6 cm³/mol. The SMILES string of the molecule is CN(C)CCNC(CO)c1cccnc1. The molecule has 0 aliphatic rings. The molecular formula is C11H19N3O. The zero-order valence-corrected chi connectivity index (χ0v) is 9.35. The minimum Gasteiger partial charge on any atom is -0.394 e. The third-order valence-corrected chi connectivity index (χ3v) is 2.22. The number of hydrogen-bond acceptors (Lipinski definition) is 4. The summed E-state index contributed by atoms with van der Waals surface area (Å²) >= 11 is 0. The van der Waals surface area contributed by atoms with E-state index in [0.29, 0.717) is 0 Å². The molecule has 1 atom stereocenters. The van der Waals surface area contributed by atoms with E-state index in [-0.39, 0.29) is 12.6 Å². The molecule has 1 rings (SSSR count). The van der Waals surface area contributed by atoms with Gasteiger partial charge >= 0.3 is 0 Å². The molecule has 0 aliphatic carbocycles. The highest BCUT2D eigenvalue weighted by molar-refractivity contribution is 5.13. The van der Waals surface area contributed by atoms with E-state index in [1.165, 1.54) is 0 Å². The van der Waals surface area contributed by atoms with Crippen molar-refractivity contribution in [2.75, 3.05) is 33.8 Å². The molecule has 1 heterocycles. The second-order valence-corrected chi connectivity index (χ2v) is 3.78. The van der Waals surface area contributed by atoms with Crippen molar-refractivity contribution in [2.24, 2.45) is 0 Å². The average Bonchev–Trinajstić information content (AvgIpc) is 2.25. The molecular weight excluding hydrogens is 190 g/mol. The van der Waals surface area contributed by atoms with E-state index >= 15 is 0 Å². The van der Waals surface area contributed by atoms with Crippen LogP contribution in [0.1, 0.15) is 11.6 Å². The van der Waals surface area contributed by atoms with Crippen molar-refractivity contribution in [3.05, 3.63) is 30.1 Å². The van der Waals surface area contributed by atoms with Gasteiger partial charge in [-0.3, -0.25) is 4.98 Å². The molecule has 0 radical (unpaired) electrons. The number of rotatable bonds is 6. The Morgan fingerprint density at radius 3 is 2.87 bits per heavy atom. The highest BCUT2D eigenvalue weighted by Gasteiger charge is 2.08. The molecule has 4 nitrogen and oxygen atoms in total. The summed E-state index contributed by atoms with van der Waals surface area (Å²) < 4.78 is 0. The highest BCUT2D eigenvalue weighted by Crippen LogP contribution is 2.09. The molecule has 0 bridgehead atoms. The third-order valence-electron chi connectivity index (χ3n) is 2.22. The van der Waals surface area contributed by atoms with Crippen molar-refractivity contribution >= 4 is 0 Å². The number of likely N-dealkylation sites (N-methyl/N-ethyl adjacent to an activating group) is 1. The molecule has 15 heavy (non-hydrogen) atoms. The molecule has 0 saturated carbocycles.